The third-order valence-corrected chi connectivity index (χ3v) is 4.92. The van der Waals surface area contributed by atoms with Crippen molar-refractivity contribution in [2.24, 2.45) is 5.92 Å². The quantitative estimate of drug-likeness (QED) is 0.822. The van der Waals surface area contributed by atoms with Crippen LogP contribution in [0.3, 0.4) is 0 Å². The second-order valence-electron chi connectivity index (χ2n) is 6.44. The molecule has 25 heavy (non-hydrogen) atoms. The Balaban J connectivity index is 1.63. The average molecular weight is 359 g/mol. The summed E-state index contributed by atoms with van der Waals surface area (Å²) >= 11 is 5.97. The highest BCUT2D eigenvalue weighted by Crippen LogP contribution is 2.39. The fraction of sp³-hybridized carbons (Fsp3) is 0.368. The van der Waals surface area contributed by atoms with Crippen molar-refractivity contribution >= 4 is 23.2 Å². The van der Waals surface area contributed by atoms with Gasteiger partial charge >= 0.3 is 0 Å². The Labute approximate surface area is 151 Å². The van der Waals surface area contributed by atoms with Gasteiger partial charge in [0.05, 0.1) is 18.6 Å². The summed E-state index contributed by atoms with van der Waals surface area (Å²) in [4.78, 5) is 19.3. The predicted molar refractivity (Wildman–Crippen MR) is 94.9 cm³/mol. The predicted octanol–water partition coefficient (Wildman–Crippen LogP) is 3.63. The van der Waals surface area contributed by atoms with Crippen molar-refractivity contribution in [2.75, 3.05) is 18.1 Å². The average Bonchev–Trinajstić information content (AvgIpc) is 3.10. The lowest BCUT2D eigenvalue weighted by Crippen LogP contribution is -2.45. The first-order chi connectivity index (χ1) is 12.1. The van der Waals surface area contributed by atoms with Gasteiger partial charge in [0.1, 0.15) is 11.8 Å². The zero-order chi connectivity index (χ0) is 17.4. The normalized spacial score (nSPS) is 25.4. The number of halogens is 1. The van der Waals surface area contributed by atoms with Gasteiger partial charge in [-0.1, -0.05) is 23.7 Å². The molecule has 2 aromatic rings. The topological polar surface area (TPSA) is 51.7 Å². The largest absolute Gasteiger partial charge is 0.471 e. The zero-order valence-corrected chi connectivity index (χ0v) is 14.6. The van der Waals surface area contributed by atoms with Crippen LogP contribution in [-0.2, 0) is 9.53 Å². The maximum atomic E-state index is 13.3. The minimum atomic E-state index is -0.247. The van der Waals surface area contributed by atoms with Gasteiger partial charge in [-0.2, -0.15) is 0 Å². The van der Waals surface area contributed by atoms with Crippen LogP contribution in [0.15, 0.2) is 42.6 Å². The highest BCUT2D eigenvalue weighted by Gasteiger charge is 2.40. The van der Waals surface area contributed by atoms with Crippen LogP contribution in [0, 0.1) is 5.92 Å². The third-order valence-electron chi connectivity index (χ3n) is 4.67. The van der Waals surface area contributed by atoms with Crippen molar-refractivity contribution in [3.8, 4) is 5.88 Å². The number of pyridine rings is 1. The monoisotopic (exact) mass is 358 g/mol. The third kappa shape index (κ3) is 3.10. The SMILES string of the molecule is CC1CN(C(=O)[C@@H]2CCO[C@H]2c2ccc(Cl)cc2)c2cccnc2O1. The van der Waals surface area contributed by atoms with E-state index in [1.165, 1.54) is 0 Å². The van der Waals surface area contributed by atoms with Gasteiger partial charge in [0.15, 0.2) is 0 Å². The second kappa shape index (κ2) is 6.65. The number of hydrogen-bond donors (Lipinski definition) is 0. The van der Waals surface area contributed by atoms with E-state index in [1.54, 1.807) is 11.1 Å². The van der Waals surface area contributed by atoms with Gasteiger partial charge in [0.25, 0.3) is 0 Å². The van der Waals surface area contributed by atoms with E-state index < -0.39 is 0 Å². The van der Waals surface area contributed by atoms with Crippen molar-refractivity contribution in [2.45, 2.75) is 25.6 Å². The molecule has 1 aromatic carbocycles. The van der Waals surface area contributed by atoms with Crippen molar-refractivity contribution in [1.29, 1.82) is 0 Å². The molecule has 6 heteroatoms. The van der Waals surface area contributed by atoms with Crippen LogP contribution in [-0.4, -0.2) is 30.1 Å². The molecule has 4 rings (SSSR count). The van der Waals surface area contributed by atoms with E-state index in [0.717, 1.165) is 11.3 Å². The van der Waals surface area contributed by atoms with Gasteiger partial charge in [-0.25, -0.2) is 4.98 Å². The van der Waals surface area contributed by atoms with Gasteiger partial charge in [0, 0.05) is 17.8 Å². The molecule has 5 nitrogen and oxygen atoms in total. The van der Waals surface area contributed by atoms with Crippen LogP contribution in [0.5, 0.6) is 5.88 Å². The Morgan fingerprint density at radius 1 is 1.28 bits per heavy atom. The maximum absolute atomic E-state index is 13.3. The molecular weight excluding hydrogens is 340 g/mol. The molecule has 0 aliphatic carbocycles. The molecule has 0 spiro atoms. The summed E-state index contributed by atoms with van der Waals surface area (Å²) in [7, 11) is 0. The Morgan fingerprint density at radius 2 is 2.08 bits per heavy atom. The number of ether oxygens (including phenoxy) is 2. The summed E-state index contributed by atoms with van der Waals surface area (Å²) in [6.07, 6.45) is 2.04. The van der Waals surface area contributed by atoms with E-state index in [2.05, 4.69) is 4.98 Å². The minimum Gasteiger partial charge on any atom is -0.471 e. The molecule has 2 aliphatic heterocycles. The van der Waals surface area contributed by atoms with Crippen molar-refractivity contribution in [3.63, 3.8) is 0 Å². The number of carbonyl (C=O) groups excluding carboxylic acids is 1. The number of anilines is 1. The lowest BCUT2D eigenvalue weighted by Gasteiger charge is -2.34. The van der Waals surface area contributed by atoms with Crippen molar-refractivity contribution < 1.29 is 14.3 Å². The number of rotatable bonds is 2. The molecule has 0 N–H and O–H groups in total. The fourth-order valence-corrected chi connectivity index (χ4v) is 3.62. The first-order valence-electron chi connectivity index (χ1n) is 8.43. The smallest absolute Gasteiger partial charge is 0.238 e. The van der Waals surface area contributed by atoms with Crippen LogP contribution >= 0.6 is 11.6 Å². The highest BCUT2D eigenvalue weighted by atomic mass is 35.5. The van der Waals surface area contributed by atoms with Crippen molar-refractivity contribution in [1.82, 2.24) is 4.98 Å². The van der Waals surface area contributed by atoms with Crippen LogP contribution in [0.2, 0.25) is 5.02 Å². The molecule has 3 heterocycles. The Bertz CT molecular complexity index is 780. The molecule has 1 saturated heterocycles. The summed E-state index contributed by atoms with van der Waals surface area (Å²) in [6, 6.07) is 11.2. The molecular formula is C19H19ClN2O3. The first kappa shape index (κ1) is 16.4. The molecule has 3 atom stereocenters. The lowest BCUT2D eigenvalue weighted by atomic mass is 9.93. The first-order valence-corrected chi connectivity index (χ1v) is 8.81. The van der Waals surface area contributed by atoms with E-state index in [1.807, 2.05) is 43.3 Å². The number of aromatic nitrogens is 1. The van der Waals surface area contributed by atoms with Crippen LogP contribution in [0.25, 0.3) is 0 Å². The number of benzene rings is 1. The number of nitrogens with zero attached hydrogens (tertiary/aromatic N) is 2. The van der Waals surface area contributed by atoms with Gasteiger partial charge in [0.2, 0.25) is 11.8 Å². The van der Waals surface area contributed by atoms with E-state index in [-0.39, 0.29) is 24.0 Å². The molecule has 130 valence electrons. The summed E-state index contributed by atoms with van der Waals surface area (Å²) < 4.78 is 11.6. The standard InChI is InChI=1S/C19H19ClN2O3/c1-12-11-22(16-3-2-9-21-18(16)25-12)19(23)15-8-10-24-17(15)13-4-6-14(20)7-5-13/h2-7,9,12,15,17H,8,10-11H2,1H3/t12?,15-,17+/m1/s1. The van der Waals surface area contributed by atoms with Gasteiger partial charge in [-0.3, -0.25) is 4.79 Å². The number of carbonyl (C=O) groups is 1. The molecule has 1 unspecified atom stereocenters. The van der Waals surface area contributed by atoms with Crippen LogP contribution in [0.4, 0.5) is 5.69 Å². The van der Waals surface area contributed by atoms with Crippen LogP contribution < -0.4 is 9.64 Å². The summed E-state index contributed by atoms with van der Waals surface area (Å²) in [5.74, 6) is 0.345. The van der Waals surface area contributed by atoms with Crippen LogP contribution in [0.1, 0.15) is 25.0 Å². The van der Waals surface area contributed by atoms with E-state index in [0.29, 0.717) is 30.5 Å². The number of amides is 1. The Kier molecular flexibility index (Phi) is 4.36. The molecule has 0 radical (unpaired) electrons. The van der Waals surface area contributed by atoms with Gasteiger partial charge in [-0.05, 0) is 43.2 Å². The highest BCUT2D eigenvalue weighted by molar-refractivity contribution is 6.30. The summed E-state index contributed by atoms with van der Waals surface area (Å²) in [5.41, 5.74) is 1.71. The molecule has 2 aliphatic rings. The molecule has 0 bridgehead atoms. The van der Waals surface area contributed by atoms with Gasteiger partial charge in [-0.15, -0.1) is 0 Å². The van der Waals surface area contributed by atoms with E-state index in [4.69, 9.17) is 21.1 Å². The van der Waals surface area contributed by atoms with Crippen molar-refractivity contribution in [3.05, 3.63) is 53.2 Å². The summed E-state index contributed by atoms with van der Waals surface area (Å²) in [5, 5.41) is 0.673. The zero-order valence-electron chi connectivity index (χ0n) is 13.9. The molecule has 1 fully saturated rings. The van der Waals surface area contributed by atoms with E-state index in [9.17, 15) is 4.79 Å². The molecule has 1 aromatic heterocycles. The molecule has 0 saturated carbocycles. The molecule has 1 amide bonds. The second-order valence-corrected chi connectivity index (χ2v) is 6.88. The Morgan fingerprint density at radius 3 is 2.88 bits per heavy atom. The Hall–Kier alpha value is -2.11. The minimum absolute atomic E-state index is 0.0573. The fourth-order valence-electron chi connectivity index (χ4n) is 3.49. The number of hydrogen-bond acceptors (Lipinski definition) is 4. The lowest BCUT2D eigenvalue weighted by molar-refractivity contribution is -0.124. The summed E-state index contributed by atoms with van der Waals surface area (Å²) in [6.45, 7) is 3.03. The number of fused-ring (bicyclic) bond motifs is 1. The van der Waals surface area contributed by atoms with Gasteiger partial charge < -0.3 is 14.4 Å². The maximum Gasteiger partial charge on any atom is 0.238 e. The van der Waals surface area contributed by atoms with E-state index >= 15 is 0 Å².